The molecule has 1 aromatic carbocycles. The summed E-state index contributed by atoms with van der Waals surface area (Å²) in [5, 5.41) is 20.7. The zero-order chi connectivity index (χ0) is 20.9. The van der Waals surface area contributed by atoms with E-state index in [1.54, 1.807) is 0 Å². The first-order chi connectivity index (χ1) is 14.5. The Morgan fingerprint density at radius 3 is 2.67 bits per heavy atom. The Hall–Kier alpha value is -1.65. The molecule has 0 bridgehead atoms. The smallest absolute Gasteiger partial charge is 0.338 e. The number of hydrogen-bond acceptors (Lipinski definition) is 4. The van der Waals surface area contributed by atoms with Gasteiger partial charge < -0.3 is 14.9 Å². The van der Waals surface area contributed by atoms with Crippen molar-refractivity contribution in [2.45, 2.75) is 70.5 Å². The first-order valence-corrected chi connectivity index (χ1v) is 11.7. The summed E-state index contributed by atoms with van der Waals surface area (Å²) >= 11 is 0. The van der Waals surface area contributed by atoms with Crippen LogP contribution in [0.1, 0.15) is 68.6 Å². The molecule has 0 unspecified atom stereocenters. The van der Waals surface area contributed by atoms with Crippen molar-refractivity contribution in [3.63, 3.8) is 0 Å². The van der Waals surface area contributed by atoms with Crippen molar-refractivity contribution in [1.29, 1.82) is 0 Å². The van der Waals surface area contributed by atoms with E-state index in [9.17, 15) is 15.0 Å². The molecule has 4 nitrogen and oxygen atoms in total. The Bertz CT molecular complexity index is 833. The van der Waals surface area contributed by atoms with Crippen LogP contribution in [0.3, 0.4) is 0 Å². The van der Waals surface area contributed by atoms with E-state index in [2.05, 4.69) is 13.0 Å². The van der Waals surface area contributed by atoms with Gasteiger partial charge in [0.15, 0.2) is 0 Å². The summed E-state index contributed by atoms with van der Waals surface area (Å²) in [6.45, 7) is 2.53. The minimum absolute atomic E-state index is 0.0157. The zero-order valence-corrected chi connectivity index (χ0v) is 17.9. The molecule has 7 atom stereocenters. The predicted octanol–water partition coefficient (Wildman–Crippen LogP) is 4.51. The molecule has 0 radical (unpaired) electrons. The largest absolute Gasteiger partial charge is 0.458 e. The highest BCUT2D eigenvalue weighted by Crippen LogP contribution is 2.65. The number of fused-ring (bicyclic) bond motifs is 5. The first-order valence-electron chi connectivity index (χ1n) is 11.7. The summed E-state index contributed by atoms with van der Waals surface area (Å²) in [4.78, 5) is 12.7. The maximum Gasteiger partial charge on any atom is 0.338 e. The third-order valence-electron chi connectivity index (χ3n) is 9.26. The van der Waals surface area contributed by atoms with Crippen LogP contribution in [-0.2, 0) is 4.74 Å². The van der Waals surface area contributed by atoms with Gasteiger partial charge in [0.25, 0.3) is 0 Å². The number of esters is 1. The predicted molar refractivity (Wildman–Crippen MR) is 115 cm³/mol. The summed E-state index contributed by atoms with van der Waals surface area (Å²) in [5.74, 6) is 1.34. The van der Waals surface area contributed by atoms with E-state index in [1.807, 2.05) is 30.3 Å². The molecule has 4 aliphatic carbocycles. The Morgan fingerprint density at radius 2 is 1.90 bits per heavy atom. The fourth-order valence-corrected chi connectivity index (χ4v) is 7.65. The average molecular weight is 411 g/mol. The van der Waals surface area contributed by atoms with Crippen LogP contribution in [0.4, 0.5) is 0 Å². The maximum absolute atomic E-state index is 12.7. The zero-order valence-electron chi connectivity index (χ0n) is 17.9. The van der Waals surface area contributed by atoms with E-state index in [0.717, 1.165) is 51.4 Å². The Kier molecular flexibility index (Phi) is 5.06. The first kappa shape index (κ1) is 20.3. The highest BCUT2D eigenvalue weighted by atomic mass is 16.5. The number of ether oxygens (including phenoxy) is 1. The van der Waals surface area contributed by atoms with Crippen molar-refractivity contribution in [1.82, 2.24) is 0 Å². The lowest BCUT2D eigenvalue weighted by Gasteiger charge is -2.58. The quantitative estimate of drug-likeness (QED) is 0.568. The second-order valence-corrected chi connectivity index (χ2v) is 10.4. The average Bonchev–Trinajstić information content (AvgIpc) is 3.10. The maximum atomic E-state index is 12.7. The van der Waals surface area contributed by atoms with Gasteiger partial charge in [-0.3, -0.25) is 0 Å². The van der Waals surface area contributed by atoms with Crippen molar-refractivity contribution in [2.24, 2.45) is 28.6 Å². The molecule has 4 aliphatic rings. The Balaban J connectivity index is 1.38. The van der Waals surface area contributed by atoms with Crippen LogP contribution >= 0.6 is 0 Å². The summed E-state index contributed by atoms with van der Waals surface area (Å²) in [6, 6.07) is 9.32. The van der Waals surface area contributed by atoms with Crippen molar-refractivity contribution in [3.8, 4) is 0 Å². The molecular formula is C26H34O4. The number of carbonyl (C=O) groups excluding carboxylic acids is 1. The molecule has 0 saturated heterocycles. The number of benzene rings is 1. The van der Waals surface area contributed by atoms with E-state index in [-0.39, 0.29) is 35.6 Å². The van der Waals surface area contributed by atoms with E-state index >= 15 is 0 Å². The molecule has 3 saturated carbocycles. The van der Waals surface area contributed by atoms with E-state index in [4.69, 9.17) is 4.74 Å². The standard InChI is InChI=1S/C26H34O4/c1-25-13-12-22-20(8-7-18-15-19(28)11-14-26(18,22)16-27)21(25)9-10-23(25)30-24(29)17-5-3-2-4-6-17/h2-7,19-23,27-28H,8-16H2,1H3/t19-,20-,21-,22-,23-,25-,26+/m0/s1. The van der Waals surface area contributed by atoms with Crippen LogP contribution < -0.4 is 0 Å². The molecule has 0 heterocycles. The molecule has 2 N–H and O–H groups in total. The fraction of sp³-hybridized carbons (Fsp3) is 0.654. The van der Waals surface area contributed by atoms with Crippen LogP contribution in [0.2, 0.25) is 0 Å². The van der Waals surface area contributed by atoms with Crippen LogP contribution in [0.15, 0.2) is 42.0 Å². The van der Waals surface area contributed by atoms with Gasteiger partial charge in [0.05, 0.1) is 18.3 Å². The van der Waals surface area contributed by atoms with E-state index in [0.29, 0.717) is 23.3 Å². The van der Waals surface area contributed by atoms with Gasteiger partial charge in [-0.2, -0.15) is 0 Å². The molecule has 0 amide bonds. The Morgan fingerprint density at radius 1 is 1.10 bits per heavy atom. The van der Waals surface area contributed by atoms with Crippen molar-refractivity contribution < 1.29 is 19.7 Å². The van der Waals surface area contributed by atoms with Crippen LogP contribution in [0.25, 0.3) is 0 Å². The SMILES string of the molecule is C[C@]12CC[C@H]3[C@@H](CC=C4C[C@@H](O)CC[C@@]43CO)[C@@H]1CC[C@@H]2OC(=O)c1ccccc1. The molecule has 3 fully saturated rings. The van der Waals surface area contributed by atoms with Gasteiger partial charge in [0, 0.05) is 10.8 Å². The van der Waals surface area contributed by atoms with Gasteiger partial charge in [0.1, 0.15) is 6.10 Å². The third kappa shape index (κ3) is 2.98. The minimum Gasteiger partial charge on any atom is -0.458 e. The van der Waals surface area contributed by atoms with E-state index < -0.39 is 0 Å². The topological polar surface area (TPSA) is 66.8 Å². The summed E-state index contributed by atoms with van der Waals surface area (Å²) in [6.07, 6.45) is 9.66. The van der Waals surface area contributed by atoms with Gasteiger partial charge in [-0.25, -0.2) is 4.79 Å². The van der Waals surface area contributed by atoms with Crippen molar-refractivity contribution >= 4 is 5.97 Å². The Labute approximate surface area is 179 Å². The number of hydrogen-bond donors (Lipinski definition) is 2. The van der Waals surface area contributed by atoms with Gasteiger partial charge in [0.2, 0.25) is 0 Å². The van der Waals surface area contributed by atoms with Gasteiger partial charge >= 0.3 is 5.97 Å². The van der Waals surface area contributed by atoms with Gasteiger partial charge in [-0.15, -0.1) is 0 Å². The lowest BCUT2D eigenvalue weighted by atomic mass is 9.47. The molecule has 162 valence electrons. The molecule has 0 spiro atoms. The highest BCUT2D eigenvalue weighted by Gasteiger charge is 2.60. The number of allylic oxidation sites excluding steroid dienone is 1. The molecule has 30 heavy (non-hydrogen) atoms. The molecule has 1 aromatic rings. The summed E-state index contributed by atoms with van der Waals surface area (Å²) in [7, 11) is 0. The summed E-state index contributed by atoms with van der Waals surface area (Å²) < 4.78 is 6.08. The van der Waals surface area contributed by atoms with Gasteiger partial charge in [-0.05, 0) is 81.3 Å². The lowest BCUT2D eigenvalue weighted by Crippen LogP contribution is -2.53. The van der Waals surface area contributed by atoms with Crippen LogP contribution in [0.5, 0.6) is 0 Å². The monoisotopic (exact) mass is 410 g/mol. The third-order valence-corrected chi connectivity index (χ3v) is 9.26. The summed E-state index contributed by atoms with van der Waals surface area (Å²) in [5.41, 5.74) is 1.81. The number of carbonyl (C=O) groups is 1. The number of aliphatic hydroxyl groups excluding tert-OH is 2. The fourth-order valence-electron chi connectivity index (χ4n) is 7.65. The second kappa shape index (κ2) is 7.49. The normalized spacial score (nSPS) is 42.5. The second-order valence-electron chi connectivity index (χ2n) is 10.4. The van der Waals surface area contributed by atoms with Crippen molar-refractivity contribution in [3.05, 3.63) is 47.5 Å². The van der Waals surface area contributed by atoms with E-state index in [1.165, 1.54) is 5.57 Å². The highest BCUT2D eigenvalue weighted by molar-refractivity contribution is 5.89. The lowest BCUT2D eigenvalue weighted by molar-refractivity contribution is -0.0927. The minimum atomic E-state index is -0.255. The van der Waals surface area contributed by atoms with Crippen LogP contribution in [-0.4, -0.2) is 35.0 Å². The number of aliphatic hydroxyl groups is 2. The molecule has 0 aliphatic heterocycles. The molecule has 5 rings (SSSR count). The van der Waals surface area contributed by atoms with Crippen molar-refractivity contribution in [2.75, 3.05) is 6.61 Å². The molecule has 0 aromatic heterocycles. The molecule has 4 heteroatoms. The van der Waals surface area contributed by atoms with Gasteiger partial charge in [-0.1, -0.05) is 36.8 Å². The number of rotatable bonds is 3. The molecular weight excluding hydrogens is 376 g/mol. The van der Waals surface area contributed by atoms with Crippen LogP contribution in [0, 0.1) is 28.6 Å².